The summed E-state index contributed by atoms with van der Waals surface area (Å²) in [4.78, 5) is 14.8. The fourth-order valence-electron chi connectivity index (χ4n) is 1.89. The highest BCUT2D eigenvalue weighted by molar-refractivity contribution is 8.01. The SMILES string of the molecule is CC1SCC(C(=O)O)N1S(=O)(=O)c1ccc(C#N)nc1. The Morgan fingerprint density at radius 3 is 2.80 bits per heavy atom. The second-order valence-electron chi connectivity index (χ2n) is 4.11. The van der Waals surface area contributed by atoms with E-state index in [4.69, 9.17) is 10.4 Å². The summed E-state index contributed by atoms with van der Waals surface area (Å²) in [5.41, 5.74) is 0.0996. The number of aliphatic carboxylic acids is 1. The van der Waals surface area contributed by atoms with Gasteiger partial charge in [-0.05, 0) is 19.1 Å². The van der Waals surface area contributed by atoms with Gasteiger partial charge >= 0.3 is 5.97 Å². The fraction of sp³-hybridized carbons (Fsp3) is 0.364. The average molecular weight is 313 g/mol. The quantitative estimate of drug-likeness (QED) is 0.864. The van der Waals surface area contributed by atoms with Crippen LogP contribution in [0.5, 0.6) is 0 Å². The Bertz CT molecular complexity index is 666. The molecule has 1 aromatic rings. The molecule has 1 saturated heterocycles. The minimum atomic E-state index is -3.95. The molecule has 0 saturated carbocycles. The molecule has 0 spiro atoms. The second-order valence-corrected chi connectivity index (χ2v) is 7.30. The number of carboxylic acids is 1. The van der Waals surface area contributed by atoms with Gasteiger partial charge < -0.3 is 5.11 Å². The van der Waals surface area contributed by atoms with Crippen LogP contribution in [0.2, 0.25) is 0 Å². The third-order valence-electron chi connectivity index (χ3n) is 2.87. The van der Waals surface area contributed by atoms with E-state index in [1.165, 1.54) is 23.9 Å². The van der Waals surface area contributed by atoms with E-state index in [2.05, 4.69) is 4.98 Å². The van der Waals surface area contributed by atoms with E-state index in [-0.39, 0.29) is 16.3 Å². The maximum atomic E-state index is 12.5. The lowest BCUT2D eigenvalue weighted by atomic mass is 10.3. The summed E-state index contributed by atoms with van der Waals surface area (Å²) >= 11 is 1.26. The minimum Gasteiger partial charge on any atom is -0.480 e. The van der Waals surface area contributed by atoms with Crippen LogP contribution in [-0.2, 0) is 14.8 Å². The highest BCUT2D eigenvalue weighted by atomic mass is 32.2. The number of pyridine rings is 1. The average Bonchev–Trinajstić information content (AvgIpc) is 2.81. The highest BCUT2D eigenvalue weighted by Gasteiger charge is 2.44. The summed E-state index contributed by atoms with van der Waals surface area (Å²) in [5.74, 6) is -0.966. The molecular weight excluding hydrogens is 302 g/mol. The number of sulfonamides is 1. The van der Waals surface area contributed by atoms with Gasteiger partial charge in [0, 0.05) is 11.9 Å². The van der Waals surface area contributed by atoms with Gasteiger partial charge in [0.2, 0.25) is 10.0 Å². The number of aromatic nitrogens is 1. The summed E-state index contributed by atoms with van der Waals surface area (Å²) in [6.45, 7) is 1.64. The molecule has 2 rings (SSSR count). The Labute approximate surface area is 120 Å². The summed E-state index contributed by atoms with van der Waals surface area (Å²) in [6, 6.07) is 3.25. The van der Waals surface area contributed by atoms with E-state index in [1.807, 2.05) is 0 Å². The zero-order valence-electron chi connectivity index (χ0n) is 10.4. The topological polar surface area (TPSA) is 111 Å². The molecule has 20 heavy (non-hydrogen) atoms. The molecule has 1 N–H and O–H groups in total. The molecule has 2 atom stereocenters. The first-order valence-electron chi connectivity index (χ1n) is 5.62. The lowest BCUT2D eigenvalue weighted by Gasteiger charge is -2.23. The van der Waals surface area contributed by atoms with E-state index >= 15 is 0 Å². The summed E-state index contributed by atoms with van der Waals surface area (Å²) in [5, 5.41) is 17.3. The zero-order valence-corrected chi connectivity index (χ0v) is 12.1. The number of nitriles is 1. The van der Waals surface area contributed by atoms with Crippen molar-refractivity contribution in [3.63, 3.8) is 0 Å². The summed E-state index contributed by atoms with van der Waals surface area (Å²) in [6.07, 6.45) is 1.07. The van der Waals surface area contributed by atoms with Crippen molar-refractivity contribution in [3.8, 4) is 6.07 Å². The van der Waals surface area contributed by atoms with Crippen LogP contribution in [0.1, 0.15) is 12.6 Å². The third kappa shape index (κ3) is 2.49. The molecule has 0 amide bonds. The van der Waals surface area contributed by atoms with Crippen LogP contribution < -0.4 is 0 Å². The van der Waals surface area contributed by atoms with Gasteiger partial charge in [0.15, 0.2) is 0 Å². The van der Waals surface area contributed by atoms with Crippen molar-refractivity contribution >= 4 is 27.8 Å². The van der Waals surface area contributed by atoms with Crippen molar-refractivity contribution in [1.82, 2.24) is 9.29 Å². The predicted octanol–water partition coefficient (Wildman–Crippen LogP) is 0.490. The monoisotopic (exact) mass is 313 g/mol. The van der Waals surface area contributed by atoms with Crippen molar-refractivity contribution in [1.29, 1.82) is 5.26 Å². The molecule has 1 aliphatic rings. The highest BCUT2D eigenvalue weighted by Crippen LogP contribution is 2.34. The first kappa shape index (κ1) is 14.8. The Balaban J connectivity index is 2.42. The number of carbonyl (C=O) groups is 1. The molecule has 0 bridgehead atoms. The van der Waals surface area contributed by atoms with Crippen LogP contribution in [0.25, 0.3) is 0 Å². The number of rotatable bonds is 3. The van der Waals surface area contributed by atoms with Gasteiger partial charge in [-0.25, -0.2) is 13.4 Å². The maximum Gasteiger partial charge on any atom is 0.322 e. The van der Waals surface area contributed by atoms with Gasteiger partial charge in [0.25, 0.3) is 0 Å². The van der Waals surface area contributed by atoms with Crippen molar-refractivity contribution in [2.45, 2.75) is 23.2 Å². The molecule has 2 heterocycles. The molecular formula is C11H11N3O4S2. The Hall–Kier alpha value is -1.63. The van der Waals surface area contributed by atoms with Gasteiger partial charge in [0.05, 0.1) is 5.37 Å². The van der Waals surface area contributed by atoms with Crippen LogP contribution in [0, 0.1) is 11.3 Å². The van der Waals surface area contributed by atoms with Crippen molar-refractivity contribution in [2.75, 3.05) is 5.75 Å². The van der Waals surface area contributed by atoms with Gasteiger partial charge in [-0.15, -0.1) is 11.8 Å². The molecule has 1 aromatic heterocycles. The van der Waals surface area contributed by atoms with Crippen LogP contribution in [0.4, 0.5) is 0 Å². The smallest absolute Gasteiger partial charge is 0.322 e. The van der Waals surface area contributed by atoms with Crippen LogP contribution >= 0.6 is 11.8 Å². The maximum absolute atomic E-state index is 12.5. The van der Waals surface area contributed by atoms with Crippen molar-refractivity contribution < 1.29 is 18.3 Å². The standard InChI is InChI=1S/C11H11N3O4S2/c1-7-14(10(6-19-7)11(15)16)20(17,18)9-3-2-8(4-12)13-5-9/h2-3,5,7,10H,6H2,1H3,(H,15,16). The number of nitrogens with zero attached hydrogens (tertiary/aromatic N) is 3. The Morgan fingerprint density at radius 1 is 1.60 bits per heavy atom. The lowest BCUT2D eigenvalue weighted by molar-refractivity contribution is -0.140. The fourth-order valence-corrected chi connectivity index (χ4v) is 5.13. The minimum absolute atomic E-state index is 0.0996. The van der Waals surface area contributed by atoms with E-state index in [9.17, 15) is 13.2 Å². The number of hydrogen-bond donors (Lipinski definition) is 1. The van der Waals surface area contributed by atoms with Gasteiger partial charge in [-0.3, -0.25) is 4.79 Å². The molecule has 106 valence electrons. The molecule has 0 aromatic carbocycles. The second kappa shape index (κ2) is 5.40. The number of hydrogen-bond acceptors (Lipinski definition) is 6. The van der Waals surface area contributed by atoms with Crippen LogP contribution in [0.15, 0.2) is 23.2 Å². The molecule has 1 fully saturated rings. The van der Waals surface area contributed by atoms with E-state index in [0.29, 0.717) is 0 Å². The molecule has 1 aliphatic heterocycles. The number of carboxylic acid groups (broad SMARTS) is 1. The lowest BCUT2D eigenvalue weighted by Crippen LogP contribution is -2.44. The van der Waals surface area contributed by atoms with Gasteiger partial charge in [-0.1, -0.05) is 0 Å². The summed E-state index contributed by atoms with van der Waals surface area (Å²) in [7, 11) is -3.95. The normalized spacial score (nSPS) is 23.4. The van der Waals surface area contributed by atoms with Crippen molar-refractivity contribution in [2.24, 2.45) is 0 Å². The van der Waals surface area contributed by atoms with Gasteiger partial charge in [-0.2, -0.15) is 9.57 Å². The molecule has 9 heteroatoms. The van der Waals surface area contributed by atoms with E-state index in [1.54, 1.807) is 13.0 Å². The van der Waals surface area contributed by atoms with E-state index in [0.717, 1.165) is 10.5 Å². The van der Waals surface area contributed by atoms with E-state index < -0.39 is 27.4 Å². The molecule has 0 aliphatic carbocycles. The third-order valence-corrected chi connectivity index (χ3v) is 6.19. The van der Waals surface area contributed by atoms with Crippen molar-refractivity contribution in [3.05, 3.63) is 24.0 Å². The van der Waals surface area contributed by atoms with Gasteiger partial charge in [0.1, 0.15) is 22.7 Å². The molecule has 0 radical (unpaired) electrons. The summed E-state index contributed by atoms with van der Waals surface area (Å²) < 4.78 is 25.9. The molecule has 2 unspecified atom stereocenters. The zero-order chi connectivity index (χ0) is 14.9. The van der Waals surface area contributed by atoms with Crippen LogP contribution in [0.3, 0.4) is 0 Å². The first-order chi connectivity index (χ1) is 9.37. The molecule has 7 nitrogen and oxygen atoms in total. The largest absolute Gasteiger partial charge is 0.480 e. The Morgan fingerprint density at radius 2 is 2.30 bits per heavy atom. The predicted molar refractivity (Wildman–Crippen MR) is 71.3 cm³/mol. The first-order valence-corrected chi connectivity index (χ1v) is 8.11. The van der Waals surface area contributed by atoms with Crippen LogP contribution in [-0.4, -0.2) is 46.0 Å². The number of thioether (sulfide) groups is 1. The Kier molecular flexibility index (Phi) is 3.99.